The average molecular weight is 407 g/mol. The van der Waals surface area contributed by atoms with E-state index in [9.17, 15) is 18.0 Å². The van der Waals surface area contributed by atoms with E-state index in [1.54, 1.807) is 31.3 Å². The lowest BCUT2D eigenvalue weighted by Gasteiger charge is -2.10. The maximum Gasteiger partial charge on any atom is 0.416 e. The number of benzene rings is 1. The standard InChI is InChI=1S/C19H16F3N3O2S/c1-12-9-15(25-27-12)11-28-18-16(3-2-8-23-18)17(26)24-10-13-4-6-14(7-5-13)19(20,21)22/h2-9H,10-11H2,1H3,(H,24,26). The summed E-state index contributed by atoms with van der Waals surface area (Å²) in [6, 6.07) is 9.77. The van der Waals surface area contributed by atoms with Gasteiger partial charge in [-0.1, -0.05) is 29.1 Å². The molecule has 5 nitrogen and oxygen atoms in total. The van der Waals surface area contributed by atoms with E-state index < -0.39 is 11.7 Å². The molecule has 0 unspecified atom stereocenters. The molecule has 0 aliphatic rings. The Balaban J connectivity index is 1.62. The van der Waals surface area contributed by atoms with E-state index in [1.165, 1.54) is 23.9 Å². The number of hydrogen-bond donors (Lipinski definition) is 1. The highest BCUT2D eigenvalue weighted by Gasteiger charge is 2.29. The van der Waals surface area contributed by atoms with Gasteiger partial charge in [-0.05, 0) is 36.8 Å². The van der Waals surface area contributed by atoms with Gasteiger partial charge in [-0.15, -0.1) is 0 Å². The topological polar surface area (TPSA) is 68.0 Å². The van der Waals surface area contributed by atoms with Gasteiger partial charge in [-0.25, -0.2) is 4.98 Å². The summed E-state index contributed by atoms with van der Waals surface area (Å²) in [5, 5.41) is 7.15. The minimum atomic E-state index is -4.38. The first kappa shape index (κ1) is 19.9. The molecule has 0 bridgehead atoms. The van der Waals surface area contributed by atoms with Crippen LogP contribution in [0.4, 0.5) is 13.2 Å². The molecule has 28 heavy (non-hydrogen) atoms. The first-order valence-corrected chi connectivity index (χ1v) is 9.26. The van der Waals surface area contributed by atoms with Crippen LogP contribution in [-0.2, 0) is 18.5 Å². The molecule has 0 aliphatic carbocycles. The van der Waals surface area contributed by atoms with E-state index in [2.05, 4.69) is 15.5 Å². The summed E-state index contributed by atoms with van der Waals surface area (Å²) >= 11 is 1.35. The average Bonchev–Trinajstić information content (AvgIpc) is 3.09. The number of nitrogens with zero attached hydrogens (tertiary/aromatic N) is 2. The minimum absolute atomic E-state index is 0.110. The first-order chi connectivity index (χ1) is 13.3. The smallest absolute Gasteiger partial charge is 0.361 e. The summed E-state index contributed by atoms with van der Waals surface area (Å²) in [5.41, 5.74) is 0.970. The number of nitrogens with one attached hydrogen (secondary N) is 1. The van der Waals surface area contributed by atoms with Crippen LogP contribution in [0.1, 0.15) is 32.9 Å². The van der Waals surface area contributed by atoms with Gasteiger partial charge in [0.25, 0.3) is 5.91 Å². The third-order valence-electron chi connectivity index (χ3n) is 3.78. The van der Waals surface area contributed by atoms with Crippen molar-refractivity contribution in [2.45, 2.75) is 30.4 Å². The van der Waals surface area contributed by atoms with E-state index in [0.717, 1.165) is 17.8 Å². The number of hydrogen-bond acceptors (Lipinski definition) is 5. The number of aryl methyl sites for hydroxylation is 1. The van der Waals surface area contributed by atoms with Crippen molar-refractivity contribution in [2.75, 3.05) is 0 Å². The fourth-order valence-electron chi connectivity index (χ4n) is 2.40. The predicted octanol–water partition coefficient (Wildman–Crippen LogP) is 4.62. The van der Waals surface area contributed by atoms with Gasteiger partial charge >= 0.3 is 6.18 Å². The molecule has 2 aromatic heterocycles. The van der Waals surface area contributed by atoms with Crippen molar-refractivity contribution in [3.63, 3.8) is 0 Å². The van der Waals surface area contributed by atoms with Gasteiger partial charge in [0.15, 0.2) is 0 Å². The van der Waals surface area contributed by atoms with E-state index in [-0.39, 0.29) is 12.5 Å². The fourth-order valence-corrected chi connectivity index (χ4v) is 3.27. The molecule has 1 N–H and O–H groups in total. The molecular weight excluding hydrogens is 391 g/mol. The quantitative estimate of drug-likeness (QED) is 0.604. The highest BCUT2D eigenvalue weighted by molar-refractivity contribution is 7.98. The molecule has 9 heteroatoms. The van der Waals surface area contributed by atoms with Gasteiger partial charge in [0, 0.05) is 24.6 Å². The molecule has 0 saturated heterocycles. The van der Waals surface area contributed by atoms with E-state index in [4.69, 9.17) is 4.52 Å². The zero-order valence-electron chi connectivity index (χ0n) is 14.8. The zero-order valence-corrected chi connectivity index (χ0v) is 15.6. The van der Waals surface area contributed by atoms with Crippen LogP contribution in [0.25, 0.3) is 0 Å². The van der Waals surface area contributed by atoms with Crippen LogP contribution in [0.5, 0.6) is 0 Å². The van der Waals surface area contributed by atoms with Crippen molar-refractivity contribution in [3.05, 3.63) is 76.8 Å². The number of halogens is 3. The summed E-state index contributed by atoms with van der Waals surface area (Å²) in [6.07, 6.45) is -2.80. The normalized spacial score (nSPS) is 11.4. The maximum atomic E-state index is 12.6. The Bertz CT molecular complexity index is 956. The Morgan fingerprint density at radius 2 is 1.96 bits per heavy atom. The molecule has 146 valence electrons. The number of alkyl halides is 3. The molecule has 0 atom stereocenters. The molecule has 3 rings (SSSR count). The summed E-state index contributed by atoms with van der Waals surface area (Å²) in [7, 11) is 0. The second-order valence-corrected chi connectivity index (χ2v) is 6.92. The Morgan fingerprint density at radius 1 is 1.21 bits per heavy atom. The molecule has 1 amide bonds. The zero-order chi connectivity index (χ0) is 20.1. The molecule has 3 aromatic rings. The third kappa shape index (κ3) is 5.13. The highest BCUT2D eigenvalue weighted by Crippen LogP contribution is 2.29. The van der Waals surface area contributed by atoms with Crippen molar-refractivity contribution in [1.29, 1.82) is 0 Å². The Labute approximate surface area is 163 Å². The number of amides is 1. The summed E-state index contributed by atoms with van der Waals surface area (Å²) in [6.45, 7) is 1.90. The van der Waals surface area contributed by atoms with Crippen molar-refractivity contribution < 1.29 is 22.5 Å². The molecule has 0 spiro atoms. The van der Waals surface area contributed by atoms with Crippen LogP contribution in [-0.4, -0.2) is 16.0 Å². The fraction of sp³-hybridized carbons (Fsp3) is 0.211. The molecule has 0 radical (unpaired) electrons. The number of thioether (sulfide) groups is 1. The SMILES string of the molecule is Cc1cc(CSc2ncccc2C(=O)NCc2ccc(C(F)(F)F)cc2)no1. The number of rotatable bonds is 6. The molecule has 0 fully saturated rings. The molecule has 0 aliphatic heterocycles. The van der Waals surface area contributed by atoms with Crippen LogP contribution in [0.2, 0.25) is 0 Å². The number of pyridine rings is 1. The largest absolute Gasteiger partial charge is 0.416 e. The Hall–Kier alpha value is -2.81. The van der Waals surface area contributed by atoms with Crippen molar-refractivity contribution >= 4 is 17.7 Å². The predicted molar refractivity (Wildman–Crippen MR) is 97.7 cm³/mol. The molecule has 1 aromatic carbocycles. The second-order valence-electron chi connectivity index (χ2n) is 5.95. The monoisotopic (exact) mass is 407 g/mol. The van der Waals surface area contributed by atoms with Crippen LogP contribution < -0.4 is 5.32 Å². The molecule has 0 saturated carbocycles. The molecule has 2 heterocycles. The van der Waals surface area contributed by atoms with Crippen LogP contribution in [0.15, 0.2) is 58.2 Å². The van der Waals surface area contributed by atoms with E-state index in [0.29, 0.717) is 27.7 Å². The summed E-state index contributed by atoms with van der Waals surface area (Å²) in [4.78, 5) is 16.7. The van der Waals surface area contributed by atoms with Crippen LogP contribution in [0.3, 0.4) is 0 Å². The van der Waals surface area contributed by atoms with Crippen molar-refractivity contribution in [1.82, 2.24) is 15.5 Å². The number of carbonyl (C=O) groups is 1. The van der Waals surface area contributed by atoms with Crippen LogP contribution in [0, 0.1) is 6.92 Å². The summed E-state index contributed by atoms with van der Waals surface area (Å²) < 4.78 is 42.8. The first-order valence-electron chi connectivity index (χ1n) is 8.27. The Kier molecular flexibility index (Phi) is 6.03. The van der Waals surface area contributed by atoms with Crippen molar-refractivity contribution in [2.24, 2.45) is 0 Å². The number of carbonyl (C=O) groups excluding carboxylic acids is 1. The van der Waals surface area contributed by atoms with Crippen molar-refractivity contribution in [3.8, 4) is 0 Å². The van der Waals surface area contributed by atoms with Gasteiger partial charge in [0.2, 0.25) is 0 Å². The highest BCUT2D eigenvalue weighted by atomic mass is 32.2. The minimum Gasteiger partial charge on any atom is -0.361 e. The van der Waals surface area contributed by atoms with Crippen LogP contribution >= 0.6 is 11.8 Å². The lowest BCUT2D eigenvalue weighted by Crippen LogP contribution is -2.23. The van der Waals surface area contributed by atoms with Gasteiger partial charge in [-0.2, -0.15) is 13.2 Å². The van der Waals surface area contributed by atoms with Gasteiger partial charge in [-0.3, -0.25) is 4.79 Å². The lowest BCUT2D eigenvalue weighted by atomic mass is 10.1. The number of aromatic nitrogens is 2. The van der Waals surface area contributed by atoms with Gasteiger partial charge < -0.3 is 9.84 Å². The second kappa shape index (κ2) is 8.47. The van der Waals surface area contributed by atoms with Gasteiger partial charge in [0.1, 0.15) is 10.8 Å². The van der Waals surface area contributed by atoms with Gasteiger partial charge in [0.05, 0.1) is 16.8 Å². The van der Waals surface area contributed by atoms with E-state index >= 15 is 0 Å². The molecular formula is C19H16F3N3O2S. The lowest BCUT2D eigenvalue weighted by molar-refractivity contribution is -0.137. The summed E-state index contributed by atoms with van der Waals surface area (Å²) in [5.74, 6) is 0.839. The Morgan fingerprint density at radius 3 is 2.61 bits per heavy atom. The maximum absolute atomic E-state index is 12.6. The third-order valence-corrected chi connectivity index (χ3v) is 4.82. The van der Waals surface area contributed by atoms with E-state index in [1.807, 2.05) is 0 Å².